The molecule has 1 N–H and O–H groups in total. The van der Waals surface area contributed by atoms with E-state index in [0.717, 1.165) is 18.4 Å². The molecular weight excluding hydrogens is 270 g/mol. The van der Waals surface area contributed by atoms with Crippen molar-refractivity contribution < 1.29 is 19.4 Å². The molecule has 1 fully saturated rings. The zero-order valence-electron chi connectivity index (χ0n) is 12.3. The molecule has 5 nitrogen and oxygen atoms in total. The minimum Gasteiger partial charge on any atom is -0.491 e. The van der Waals surface area contributed by atoms with E-state index >= 15 is 0 Å². The third-order valence-corrected chi connectivity index (χ3v) is 3.08. The van der Waals surface area contributed by atoms with Crippen molar-refractivity contribution in [3.8, 4) is 17.6 Å². The molecule has 0 radical (unpaired) electrons. The van der Waals surface area contributed by atoms with E-state index in [1.54, 1.807) is 25.2 Å². The number of amides is 1. The van der Waals surface area contributed by atoms with Crippen LogP contribution >= 0.6 is 0 Å². The average Bonchev–Trinajstić information content (AvgIpc) is 2.48. The van der Waals surface area contributed by atoms with E-state index < -0.39 is 5.60 Å². The largest absolute Gasteiger partial charge is 0.491 e. The number of nitrogens with zero attached hydrogens (tertiary/aromatic N) is 1. The van der Waals surface area contributed by atoms with Crippen molar-refractivity contribution in [2.45, 2.75) is 18.9 Å². The lowest BCUT2D eigenvalue weighted by Gasteiger charge is -2.30. The summed E-state index contributed by atoms with van der Waals surface area (Å²) in [6.45, 7) is 3.06. The van der Waals surface area contributed by atoms with Crippen LogP contribution in [0.5, 0.6) is 5.75 Å². The number of anilines is 1. The lowest BCUT2D eigenvalue weighted by atomic mass is 10.0. The molecule has 0 spiro atoms. The highest BCUT2D eigenvalue weighted by atomic mass is 16.5. The van der Waals surface area contributed by atoms with Crippen LogP contribution in [-0.4, -0.2) is 44.0 Å². The quantitative estimate of drug-likeness (QED) is 0.653. The standard InChI is InChI=1S/C16H19NO4/c1-3-8-21-15-9-13(4-5-14(15)17(2)12-18)6-7-16(19)10-20-11-16/h4-5,9,12,19H,3,8,10-11H2,1-2H3. The minimum absolute atomic E-state index is 0.241. The number of hydrogen-bond acceptors (Lipinski definition) is 4. The molecule has 1 saturated heterocycles. The van der Waals surface area contributed by atoms with Crippen LogP contribution in [0.15, 0.2) is 18.2 Å². The average molecular weight is 289 g/mol. The Labute approximate surface area is 124 Å². The smallest absolute Gasteiger partial charge is 0.213 e. The number of carbonyl (C=O) groups excluding carboxylic acids is 1. The molecule has 5 heteroatoms. The Bertz CT molecular complexity index is 569. The Morgan fingerprint density at radius 2 is 2.29 bits per heavy atom. The van der Waals surface area contributed by atoms with Gasteiger partial charge in [-0.25, -0.2) is 0 Å². The predicted octanol–water partition coefficient (Wildman–Crippen LogP) is 1.18. The number of ether oxygens (including phenoxy) is 2. The van der Waals surface area contributed by atoms with Gasteiger partial charge in [-0.2, -0.15) is 0 Å². The van der Waals surface area contributed by atoms with E-state index in [9.17, 15) is 9.90 Å². The van der Waals surface area contributed by atoms with Crippen molar-refractivity contribution in [1.29, 1.82) is 0 Å². The second kappa shape index (κ2) is 6.61. The number of carbonyl (C=O) groups is 1. The van der Waals surface area contributed by atoms with Gasteiger partial charge in [-0.05, 0) is 24.6 Å². The van der Waals surface area contributed by atoms with Crippen LogP contribution in [0.25, 0.3) is 0 Å². The lowest BCUT2D eigenvalue weighted by Crippen LogP contribution is -2.48. The molecule has 0 aliphatic carbocycles. The number of rotatable bonds is 5. The van der Waals surface area contributed by atoms with Gasteiger partial charge in [0.25, 0.3) is 0 Å². The first-order valence-corrected chi connectivity index (χ1v) is 6.86. The van der Waals surface area contributed by atoms with Gasteiger partial charge in [0.05, 0.1) is 25.5 Å². The van der Waals surface area contributed by atoms with Crippen molar-refractivity contribution >= 4 is 12.1 Å². The van der Waals surface area contributed by atoms with Crippen LogP contribution in [0.2, 0.25) is 0 Å². The van der Waals surface area contributed by atoms with Gasteiger partial charge in [-0.1, -0.05) is 18.8 Å². The maximum absolute atomic E-state index is 10.9. The third kappa shape index (κ3) is 3.75. The van der Waals surface area contributed by atoms with Crippen LogP contribution in [0.4, 0.5) is 5.69 Å². The van der Waals surface area contributed by atoms with Crippen LogP contribution in [0.1, 0.15) is 18.9 Å². The van der Waals surface area contributed by atoms with Gasteiger partial charge in [-0.15, -0.1) is 0 Å². The molecule has 1 amide bonds. The zero-order chi connectivity index (χ0) is 15.3. The molecule has 1 aromatic carbocycles. The summed E-state index contributed by atoms with van der Waals surface area (Å²) >= 11 is 0. The minimum atomic E-state index is -1.04. The second-order valence-electron chi connectivity index (χ2n) is 5.02. The van der Waals surface area contributed by atoms with Crippen molar-refractivity contribution in [3.05, 3.63) is 23.8 Å². The predicted molar refractivity (Wildman–Crippen MR) is 79.3 cm³/mol. The molecule has 0 saturated carbocycles. The Hall–Kier alpha value is -2.03. The highest BCUT2D eigenvalue weighted by Crippen LogP contribution is 2.28. The Morgan fingerprint density at radius 1 is 1.52 bits per heavy atom. The molecule has 1 aromatic rings. The number of hydrogen-bond donors (Lipinski definition) is 1. The molecule has 21 heavy (non-hydrogen) atoms. The first-order valence-electron chi connectivity index (χ1n) is 6.86. The van der Waals surface area contributed by atoms with Gasteiger partial charge >= 0.3 is 0 Å². The van der Waals surface area contributed by atoms with Gasteiger partial charge < -0.3 is 19.5 Å². The van der Waals surface area contributed by atoms with Crippen molar-refractivity contribution in [3.63, 3.8) is 0 Å². The van der Waals surface area contributed by atoms with Gasteiger partial charge in [0.15, 0.2) is 5.60 Å². The molecule has 1 aliphatic heterocycles. The molecule has 0 bridgehead atoms. The van der Waals surface area contributed by atoms with Crippen LogP contribution in [0.3, 0.4) is 0 Å². The summed E-state index contributed by atoms with van der Waals surface area (Å²) in [7, 11) is 1.67. The van der Waals surface area contributed by atoms with Crippen LogP contribution in [-0.2, 0) is 9.53 Å². The topological polar surface area (TPSA) is 59.0 Å². The van der Waals surface area contributed by atoms with E-state index in [2.05, 4.69) is 11.8 Å². The molecule has 0 atom stereocenters. The summed E-state index contributed by atoms with van der Waals surface area (Å²) in [5.41, 5.74) is 0.377. The van der Waals surface area contributed by atoms with Crippen molar-refractivity contribution in [2.24, 2.45) is 0 Å². The Kier molecular flexibility index (Phi) is 4.84. The zero-order valence-corrected chi connectivity index (χ0v) is 12.3. The van der Waals surface area contributed by atoms with E-state index in [4.69, 9.17) is 9.47 Å². The Balaban J connectivity index is 2.25. The van der Waals surface area contributed by atoms with E-state index in [-0.39, 0.29) is 13.2 Å². The van der Waals surface area contributed by atoms with Gasteiger partial charge in [0.1, 0.15) is 5.75 Å². The summed E-state index contributed by atoms with van der Waals surface area (Å²) < 4.78 is 10.6. The lowest BCUT2D eigenvalue weighted by molar-refractivity contribution is -0.140. The maximum atomic E-state index is 10.9. The molecular formula is C16H19NO4. The normalized spacial score (nSPS) is 15.4. The maximum Gasteiger partial charge on any atom is 0.213 e. The Morgan fingerprint density at radius 3 is 2.86 bits per heavy atom. The fourth-order valence-corrected chi connectivity index (χ4v) is 1.82. The van der Waals surface area contributed by atoms with Crippen LogP contribution in [0, 0.1) is 11.8 Å². The summed E-state index contributed by atoms with van der Waals surface area (Å²) in [6.07, 6.45) is 1.60. The summed E-state index contributed by atoms with van der Waals surface area (Å²) in [5.74, 6) is 6.33. The van der Waals surface area contributed by atoms with Gasteiger partial charge in [0.2, 0.25) is 6.41 Å². The highest BCUT2D eigenvalue weighted by Gasteiger charge is 2.33. The van der Waals surface area contributed by atoms with E-state index in [0.29, 0.717) is 18.0 Å². The van der Waals surface area contributed by atoms with Crippen molar-refractivity contribution in [2.75, 3.05) is 31.8 Å². The molecule has 112 valence electrons. The molecule has 1 aliphatic rings. The molecule has 0 unspecified atom stereocenters. The summed E-state index contributed by atoms with van der Waals surface area (Å²) in [6, 6.07) is 5.36. The number of aliphatic hydroxyl groups is 1. The summed E-state index contributed by atoms with van der Waals surface area (Å²) in [4.78, 5) is 12.4. The van der Waals surface area contributed by atoms with Crippen LogP contribution < -0.4 is 9.64 Å². The molecule has 0 aromatic heterocycles. The summed E-state index contributed by atoms with van der Waals surface area (Å²) in [5, 5.41) is 9.88. The van der Waals surface area contributed by atoms with Crippen molar-refractivity contribution in [1.82, 2.24) is 0 Å². The molecule has 1 heterocycles. The first kappa shape index (κ1) is 15.4. The second-order valence-corrected chi connectivity index (χ2v) is 5.02. The van der Waals surface area contributed by atoms with E-state index in [1.165, 1.54) is 4.90 Å². The van der Waals surface area contributed by atoms with E-state index in [1.807, 2.05) is 6.92 Å². The third-order valence-electron chi connectivity index (χ3n) is 3.08. The SMILES string of the molecule is CCCOc1cc(C#CC2(O)COC2)ccc1N(C)C=O. The fraction of sp³-hybridized carbons (Fsp3) is 0.438. The first-order chi connectivity index (χ1) is 10.1. The fourth-order valence-electron chi connectivity index (χ4n) is 1.82. The number of benzene rings is 1. The highest BCUT2D eigenvalue weighted by molar-refractivity contribution is 5.78. The van der Waals surface area contributed by atoms with Gasteiger partial charge in [0, 0.05) is 12.6 Å². The van der Waals surface area contributed by atoms with Gasteiger partial charge in [-0.3, -0.25) is 4.79 Å². The molecule has 2 rings (SSSR count). The monoisotopic (exact) mass is 289 g/mol.